The summed E-state index contributed by atoms with van der Waals surface area (Å²) in [5.41, 5.74) is 0. The van der Waals surface area contributed by atoms with Gasteiger partial charge in [0.2, 0.25) is 0 Å². The third kappa shape index (κ3) is 6.76. The number of aliphatic hydroxyl groups is 1. The highest BCUT2D eigenvalue weighted by Crippen LogP contribution is 2.00. The number of hydrogen-bond acceptors (Lipinski definition) is 4. The van der Waals surface area contributed by atoms with E-state index in [2.05, 4.69) is 10.6 Å². The molecule has 0 aliphatic heterocycles. The first-order chi connectivity index (χ1) is 7.75. The van der Waals surface area contributed by atoms with Gasteiger partial charge in [-0.2, -0.15) is 0 Å². The summed E-state index contributed by atoms with van der Waals surface area (Å²) in [5.74, 6) is 0.211. The van der Waals surface area contributed by atoms with E-state index < -0.39 is 6.10 Å². The van der Waals surface area contributed by atoms with E-state index in [9.17, 15) is 9.90 Å². The molecule has 3 N–H and O–H groups in total. The predicted molar refractivity (Wildman–Crippen MR) is 71.1 cm³/mol. The number of ketones is 1. The Kier molecular flexibility index (Phi) is 7.59. The van der Waals surface area contributed by atoms with E-state index in [0.717, 1.165) is 0 Å². The summed E-state index contributed by atoms with van der Waals surface area (Å²) in [6.45, 7) is 12.1. The zero-order valence-corrected chi connectivity index (χ0v) is 11.9. The summed E-state index contributed by atoms with van der Waals surface area (Å²) in [6.07, 6.45) is -0.486. The van der Waals surface area contributed by atoms with Crippen molar-refractivity contribution in [3.05, 3.63) is 0 Å². The van der Waals surface area contributed by atoms with E-state index in [1.165, 1.54) is 0 Å². The molecule has 0 aromatic carbocycles. The van der Waals surface area contributed by atoms with E-state index in [1.807, 2.05) is 41.5 Å². The molecular formula is C13H28N2O2. The minimum Gasteiger partial charge on any atom is -0.390 e. The minimum absolute atomic E-state index is 0.0175. The van der Waals surface area contributed by atoms with Crippen molar-refractivity contribution >= 4 is 5.78 Å². The zero-order chi connectivity index (χ0) is 13.6. The molecule has 3 atom stereocenters. The van der Waals surface area contributed by atoms with E-state index in [1.54, 1.807) is 0 Å². The molecule has 0 aliphatic carbocycles. The number of aliphatic hydroxyl groups excluding tert-OH is 1. The zero-order valence-electron chi connectivity index (χ0n) is 11.9. The molecule has 0 rings (SSSR count). The van der Waals surface area contributed by atoms with Gasteiger partial charge in [-0.25, -0.2) is 0 Å². The van der Waals surface area contributed by atoms with Crippen LogP contribution >= 0.6 is 0 Å². The minimum atomic E-state index is -0.486. The third-order valence-corrected chi connectivity index (χ3v) is 2.80. The molecule has 0 bridgehead atoms. The van der Waals surface area contributed by atoms with Gasteiger partial charge >= 0.3 is 0 Å². The van der Waals surface area contributed by atoms with Crippen LogP contribution in [0.3, 0.4) is 0 Å². The predicted octanol–water partition coefficient (Wildman–Crippen LogP) is 0.937. The first kappa shape index (κ1) is 16.6. The Morgan fingerprint density at radius 2 is 1.65 bits per heavy atom. The second-order valence-corrected chi connectivity index (χ2v) is 5.36. The molecule has 0 radical (unpaired) electrons. The molecule has 0 saturated heterocycles. The second kappa shape index (κ2) is 7.80. The second-order valence-electron chi connectivity index (χ2n) is 5.36. The van der Waals surface area contributed by atoms with Gasteiger partial charge in [0.1, 0.15) is 0 Å². The van der Waals surface area contributed by atoms with Crippen LogP contribution < -0.4 is 10.6 Å². The molecule has 0 aromatic heterocycles. The van der Waals surface area contributed by atoms with Crippen LogP contribution in [0, 0.1) is 5.92 Å². The first-order valence-corrected chi connectivity index (χ1v) is 6.46. The average Bonchev–Trinajstić information content (AvgIpc) is 2.22. The summed E-state index contributed by atoms with van der Waals surface area (Å²) in [7, 11) is 0. The van der Waals surface area contributed by atoms with Gasteiger partial charge in [-0.1, -0.05) is 27.7 Å². The van der Waals surface area contributed by atoms with E-state index in [-0.39, 0.29) is 23.8 Å². The SMILES string of the molecule is CC(C)NC(C)C(O)CNC(C)C(=O)C(C)C. The molecule has 4 heteroatoms. The number of carbonyl (C=O) groups is 1. The lowest BCUT2D eigenvalue weighted by Gasteiger charge is -2.24. The first-order valence-electron chi connectivity index (χ1n) is 6.46. The molecule has 17 heavy (non-hydrogen) atoms. The number of Topliss-reactive ketones (excluding diaryl/α,β-unsaturated/α-hetero) is 1. The summed E-state index contributed by atoms with van der Waals surface area (Å²) >= 11 is 0. The summed E-state index contributed by atoms with van der Waals surface area (Å²) < 4.78 is 0. The topological polar surface area (TPSA) is 61.4 Å². The van der Waals surface area contributed by atoms with Gasteiger partial charge in [-0.15, -0.1) is 0 Å². The van der Waals surface area contributed by atoms with Gasteiger partial charge in [-0.3, -0.25) is 4.79 Å². The average molecular weight is 244 g/mol. The fourth-order valence-electron chi connectivity index (χ4n) is 1.71. The molecular weight excluding hydrogens is 216 g/mol. The van der Waals surface area contributed by atoms with Gasteiger partial charge < -0.3 is 15.7 Å². The van der Waals surface area contributed by atoms with Gasteiger partial charge in [0, 0.05) is 24.5 Å². The monoisotopic (exact) mass is 244 g/mol. The number of hydrogen-bond donors (Lipinski definition) is 3. The molecule has 0 fully saturated rings. The standard InChI is InChI=1S/C13H28N2O2/c1-8(2)13(17)11(6)14-7-12(16)10(5)15-9(3)4/h8-12,14-16H,7H2,1-6H3. The third-order valence-electron chi connectivity index (χ3n) is 2.80. The number of carbonyl (C=O) groups excluding carboxylic acids is 1. The van der Waals surface area contributed by atoms with Gasteiger partial charge in [-0.05, 0) is 13.8 Å². The van der Waals surface area contributed by atoms with Crippen LogP contribution in [0.5, 0.6) is 0 Å². The Balaban J connectivity index is 3.98. The summed E-state index contributed by atoms with van der Waals surface area (Å²) in [5, 5.41) is 16.2. The molecule has 3 unspecified atom stereocenters. The molecule has 0 amide bonds. The van der Waals surface area contributed by atoms with Crippen LogP contribution in [0.4, 0.5) is 0 Å². The highest BCUT2D eigenvalue weighted by atomic mass is 16.3. The Morgan fingerprint density at radius 1 is 1.12 bits per heavy atom. The lowest BCUT2D eigenvalue weighted by Crippen LogP contribution is -2.48. The Bertz CT molecular complexity index is 229. The maximum Gasteiger partial charge on any atom is 0.151 e. The Labute approximate surface area is 105 Å². The van der Waals surface area contributed by atoms with Crippen molar-refractivity contribution in [3.63, 3.8) is 0 Å². The molecule has 102 valence electrons. The van der Waals surface area contributed by atoms with Crippen molar-refractivity contribution in [2.45, 2.75) is 65.8 Å². The Hall–Kier alpha value is -0.450. The van der Waals surface area contributed by atoms with Crippen molar-refractivity contribution in [3.8, 4) is 0 Å². The molecule has 0 saturated carbocycles. The summed E-state index contributed by atoms with van der Waals surface area (Å²) in [6, 6.07) is 0.161. The lowest BCUT2D eigenvalue weighted by molar-refractivity contribution is -0.123. The maximum absolute atomic E-state index is 11.6. The molecule has 0 spiro atoms. The molecule has 0 heterocycles. The van der Waals surface area contributed by atoms with E-state index in [0.29, 0.717) is 12.6 Å². The van der Waals surface area contributed by atoms with Crippen molar-refractivity contribution in [1.82, 2.24) is 10.6 Å². The van der Waals surface area contributed by atoms with Crippen LogP contribution in [-0.4, -0.2) is 41.7 Å². The molecule has 0 aliphatic rings. The lowest BCUT2D eigenvalue weighted by atomic mass is 10.0. The van der Waals surface area contributed by atoms with Crippen LogP contribution in [0.15, 0.2) is 0 Å². The fourth-order valence-corrected chi connectivity index (χ4v) is 1.71. The van der Waals surface area contributed by atoms with Gasteiger partial charge in [0.05, 0.1) is 12.1 Å². The normalized spacial score (nSPS) is 17.2. The molecule has 0 aromatic rings. The van der Waals surface area contributed by atoms with Gasteiger partial charge in [0.25, 0.3) is 0 Å². The highest BCUT2D eigenvalue weighted by Gasteiger charge is 2.19. The smallest absolute Gasteiger partial charge is 0.151 e. The van der Waals surface area contributed by atoms with Crippen LogP contribution in [0.25, 0.3) is 0 Å². The number of nitrogens with one attached hydrogen (secondary N) is 2. The quantitative estimate of drug-likeness (QED) is 0.594. The fraction of sp³-hybridized carbons (Fsp3) is 0.923. The molecule has 4 nitrogen and oxygen atoms in total. The summed E-state index contributed by atoms with van der Waals surface area (Å²) in [4.78, 5) is 11.6. The largest absolute Gasteiger partial charge is 0.390 e. The van der Waals surface area contributed by atoms with Crippen LogP contribution in [-0.2, 0) is 4.79 Å². The van der Waals surface area contributed by atoms with E-state index in [4.69, 9.17) is 0 Å². The Morgan fingerprint density at radius 3 is 2.06 bits per heavy atom. The maximum atomic E-state index is 11.6. The van der Waals surface area contributed by atoms with Gasteiger partial charge in [0.15, 0.2) is 5.78 Å². The van der Waals surface area contributed by atoms with E-state index >= 15 is 0 Å². The van der Waals surface area contributed by atoms with Crippen LogP contribution in [0.1, 0.15) is 41.5 Å². The van der Waals surface area contributed by atoms with Crippen molar-refractivity contribution < 1.29 is 9.90 Å². The van der Waals surface area contributed by atoms with Crippen LogP contribution in [0.2, 0.25) is 0 Å². The van der Waals surface area contributed by atoms with Crippen molar-refractivity contribution in [2.24, 2.45) is 5.92 Å². The van der Waals surface area contributed by atoms with Crippen molar-refractivity contribution in [2.75, 3.05) is 6.54 Å². The number of rotatable bonds is 8. The highest BCUT2D eigenvalue weighted by molar-refractivity contribution is 5.85. The van der Waals surface area contributed by atoms with Crippen molar-refractivity contribution in [1.29, 1.82) is 0 Å².